The molecular formula is C21H31N5O. The molecule has 1 aromatic heterocycles. The van der Waals surface area contributed by atoms with Crippen molar-refractivity contribution >= 4 is 22.8 Å². The van der Waals surface area contributed by atoms with Gasteiger partial charge in [-0.25, -0.2) is 0 Å². The van der Waals surface area contributed by atoms with Gasteiger partial charge in [-0.2, -0.15) is 0 Å². The average molecular weight is 370 g/mol. The number of guanidine groups is 1. The van der Waals surface area contributed by atoms with E-state index in [0.717, 1.165) is 38.4 Å². The number of aryl methyl sites for hydroxylation is 1. The van der Waals surface area contributed by atoms with Crippen LogP contribution in [-0.2, 0) is 11.2 Å². The van der Waals surface area contributed by atoms with Crippen LogP contribution in [0.15, 0.2) is 29.3 Å². The molecule has 27 heavy (non-hydrogen) atoms. The van der Waals surface area contributed by atoms with Crippen LogP contribution in [0.4, 0.5) is 0 Å². The Kier molecular flexibility index (Phi) is 6.04. The van der Waals surface area contributed by atoms with E-state index in [2.05, 4.69) is 51.8 Å². The maximum absolute atomic E-state index is 12.1. The Morgan fingerprint density at radius 1 is 1.37 bits per heavy atom. The van der Waals surface area contributed by atoms with E-state index in [9.17, 15) is 4.79 Å². The Bertz CT molecular complexity index is 823. The Morgan fingerprint density at radius 3 is 2.89 bits per heavy atom. The third-order valence-corrected chi connectivity index (χ3v) is 5.25. The maximum Gasteiger partial charge on any atom is 0.225 e. The van der Waals surface area contributed by atoms with Crippen molar-refractivity contribution in [3.05, 3.63) is 35.5 Å². The van der Waals surface area contributed by atoms with Crippen LogP contribution in [0, 0.1) is 12.8 Å². The molecule has 6 nitrogen and oxygen atoms in total. The van der Waals surface area contributed by atoms with Gasteiger partial charge in [0.2, 0.25) is 5.91 Å². The first kappa shape index (κ1) is 19.3. The van der Waals surface area contributed by atoms with Crippen molar-refractivity contribution in [2.75, 3.05) is 26.7 Å². The van der Waals surface area contributed by atoms with Gasteiger partial charge in [-0.05, 0) is 31.4 Å². The van der Waals surface area contributed by atoms with Crippen molar-refractivity contribution in [2.24, 2.45) is 10.9 Å². The zero-order valence-corrected chi connectivity index (χ0v) is 16.8. The molecule has 6 heteroatoms. The van der Waals surface area contributed by atoms with Gasteiger partial charge in [0, 0.05) is 55.2 Å². The summed E-state index contributed by atoms with van der Waals surface area (Å²) in [5.74, 6) is 1.09. The number of para-hydroxylation sites is 1. The van der Waals surface area contributed by atoms with Gasteiger partial charge in [0.05, 0.1) is 0 Å². The minimum atomic E-state index is 0.0561. The first-order valence-electron chi connectivity index (χ1n) is 9.81. The van der Waals surface area contributed by atoms with E-state index in [4.69, 9.17) is 0 Å². The number of nitrogens with zero attached hydrogens (tertiary/aromatic N) is 2. The molecular weight excluding hydrogens is 338 g/mol. The number of carbonyl (C=O) groups is 1. The summed E-state index contributed by atoms with van der Waals surface area (Å²) in [5.41, 5.74) is 3.76. The molecule has 0 aliphatic carbocycles. The molecule has 2 heterocycles. The minimum Gasteiger partial charge on any atom is -0.358 e. The molecule has 146 valence electrons. The fourth-order valence-electron chi connectivity index (χ4n) is 3.79. The number of carbonyl (C=O) groups excluding carboxylic acids is 1. The van der Waals surface area contributed by atoms with Crippen molar-refractivity contribution in [3.63, 3.8) is 0 Å². The van der Waals surface area contributed by atoms with E-state index in [1.54, 1.807) is 7.05 Å². The van der Waals surface area contributed by atoms with Gasteiger partial charge in [0.15, 0.2) is 5.96 Å². The summed E-state index contributed by atoms with van der Waals surface area (Å²) in [5, 5.41) is 8.16. The van der Waals surface area contributed by atoms with Gasteiger partial charge in [0.1, 0.15) is 0 Å². The summed E-state index contributed by atoms with van der Waals surface area (Å²) in [6, 6.07) is 8.68. The number of rotatable bonds is 5. The number of fused-ring (bicyclic) bond motifs is 1. The van der Waals surface area contributed by atoms with Crippen molar-refractivity contribution in [3.8, 4) is 0 Å². The molecule has 1 aromatic carbocycles. The SMILES string of the molecule is CN=C(NCCc1c(C)[nH]c2ccccc12)NC1CCN(C(=O)C(C)C)C1. The highest BCUT2D eigenvalue weighted by Crippen LogP contribution is 2.21. The van der Waals surface area contributed by atoms with Crippen LogP contribution < -0.4 is 10.6 Å². The Labute approximate surface area is 161 Å². The van der Waals surface area contributed by atoms with E-state index < -0.39 is 0 Å². The molecule has 1 fully saturated rings. The Morgan fingerprint density at radius 2 is 2.15 bits per heavy atom. The van der Waals surface area contributed by atoms with Crippen molar-refractivity contribution < 1.29 is 4.79 Å². The minimum absolute atomic E-state index is 0.0561. The highest BCUT2D eigenvalue weighted by molar-refractivity contribution is 5.85. The van der Waals surface area contributed by atoms with E-state index in [1.165, 1.54) is 22.2 Å². The van der Waals surface area contributed by atoms with E-state index in [-0.39, 0.29) is 17.9 Å². The number of nitrogens with one attached hydrogen (secondary N) is 3. The molecule has 1 aliphatic rings. The summed E-state index contributed by atoms with van der Waals surface area (Å²) in [6.45, 7) is 8.41. The zero-order valence-electron chi connectivity index (χ0n) is 16.8. The van der Waals surface area contributed by atoms with Crippen LogP contribution in [0.5, 0.6) is 0 Å². The van der Waals surface area contributed by atoms with Gasteiger partial charge in [-0.3, -0.25) is 9.79 Å². The van der Waals surface area contributed by atoms with Gasteiger partial charge >= 0.3 is 0 Å². The lowest BCUT2D eigenvalue weighted by Gasteiger charge is -2.20. The van der Waals surface area contributed by atoms with Crippen LogP contribution in [0.2, 0.25) is 0 Å². The van der Waals surface area contributed by atoms with Crippen molar-refractivity contribution in [2.45, 2.75) is 39.7 Å². The molecule has 0 bridgehead atoms. The number of aromatic amines is 1. The molecule has 0 saturated carbocycles. The highest BCUT2D eigenvalue weighted by Gasteiger charge is 2.27. The summed E-state index contributed by atoms with van der Waals surface area (Å²) >= 11 is 0. The van der Waals surface area contributed by atoms with Gasteiger partial charge in [-0.1, -0.05) is 32.0 Å². The molecule has 3 N–H and O–H groups in total. The second kappa shape index (κ2) is 8.46. The molecule has 0 radical (unpaired) electrons. The fourth-order valence-corrected chi connectivity index (χ4v) is 3.79. The monoisotopic (exact) mass is 369 g/mol. The predicted molar refractivity (Wildman–Crippen MR) is 111 cm³/mol. The summed E-state index contributed by atoms with van der Waals surface area (Å²) in [6.07, 6.45) is 1.89. The van der Waals surface area contributed by atoms with Crippen LogP contribution in [0.1, 0.15) is 31.5 Å². The molecule has 1 amide bonds. The van der Waals surface area contributed by atoms with Crippen LogP contribution >= 0.6 is 0 Å². The molecule has 2 aromatic rings. The lowest BCUT2D eigenvalue weighted by molar-refractivity contribution is -0.133. The average Bonchev–Trinajstić information content (AvgIpc) is 3.24. The number of likely N-dealkylation sites (tertiary alicyclic amines) is 1. The fraction of sp³-hybridized carbons (Fsp3) is 0.524. The predicted octanol–water partition coefficient (Wildman–Crippen LogP) is 2.44. The van der Waals surface area contributed by atoms with E-state index >= 15 is 0 Å². The standard InChI is InChI=1S/C21H31N5O/c1-14(2)20(27)26-12-10-16(13-26)25-21(22-4)23-11-9-17-15(3)24-19-8-6-5-7-18(17)19/h5-8,14,16,24H,9-13H2,1-4H3,(H2,22,23,25). The van der Waals surface area contributed by atoms with Crippen LogP contribution in [-0.4, -0.2) is 54.5 Å². The zero-order chi connectivity index (χ0) is 19.4. The second-order valence-corrected chi connectivity index (χ2v) is 7.59. The van der Waals surface area contributed by atoms with Crippen molar-refractivity contribution in [1.29, 1.82) is 0 Å². The number of hydrogen-bond donors (Lipinski definition) is 3. The van der Waals surface area contributed by atoms with Crippen molar-refractivity contribution in [1.82, 2.24) is 20.5 Å². The molecule has 1 saturated heterocycles. The summed E-state index contributed by atoms with van der Waals surface area (Å²) in [7, 11) is 1.79. The lowest BCUT2D eigenvalue weighted by atomic mass is 10.1. The normalized spacial score (nSPS) is 17.7. The molecule has 3 rings (SSSR count). The molecule has 1 unspecified atom stereocenters. The topological polar surface area (TPSA) is 72.5 Å². The van der Waals surface area contributed by atoms with Gasteiger partial charge in [-0.15, -0.1) is 0 Å². The number of amides is 1. The molecule has 1 aliphatic heterocycles. The number of hydrogen-bond acceptors (Lipinski definition) is 2. The molecule has 0 spiro atoms. The third kappa shape index (κ3) is 4.43. The molecule has 1 atom stereocenters. The number of aliphatic imine (C=N–C) groups is 1. The largest absolute Gasteiger partial charge is 0.358 e. The van der Waals surface area contributed by atoms with E-state index in [0.29, 0.717) is 0 Å². The number of H-pyrrole nitrogens is 1. The maximum atomic E-state index is 12.1. The Balaban J connectivity index is 1.51. The smallest absolute Gasteiger partial charge is 0.225 e. The van der Waals surface area contributed by atoms with Gasteiger partial charge < -0.3 is 20.5 Å². The van der Waals surface area contributed by atoms with Gasteiger partial charge in [0.25, 0.3) is 0 Å². The van der Waals surface area contributed by atoms with E-state index in [1.807, 2.05) is 18.7 Å². The van der Waals surface area contributed by atoms with Crippen LogP contribution in [0.3, 0.4) is 0 Å². The quantitative estimate of drug-likeness (QED) is 0.560. The first-order chi connectivity index (χ1) is 13.0. The highest BCUT2D eigenvalue weighted by atomic mass is 16.2. The lowest BCUT2D eigenvalue weighted by Crippen LogP contribution is -2.45. The second-order valence-electron chi connectivity index (χ2n) is 7.59. The first-order valence-corrected chi connectivity index (χ1v) is 9.81. The summed E-state index contributed by atoms with van der Waals surface area (Å²) in [4.78, 5) is 21.9. The summed E-state index contributed by atoms with van der Waals surface area (Å²) < 4.78 is 0. The third-order valence-electron chi connectivity index (χ3n) is 5.25. The number of aromatic nitrogens is 1. The Hall–Kier alpha value is -2.50. The van der Waals surface area contributed by atoms with Crippen LogP contribution in [0.25, 0.3) is 10.9 Å². The number of benzene rings is 1.